The molecule has 0 radical (unpaired) electrons. The van der Waals surface area contributed by atoms with Gasteiger partial charge in [0.1, 0.15) is 5.69 Å². The standard InChI is InChI=1S/C12H16ClN3S/c1-8(2)5-6-16-7-9(14)12(15-16)10-3-4-11(13)17-10/h3-4,7-8H,5-6,14H2,1-2H3. The molecule has 2 aromatic rings. The van der Waals surface area contributed by atoms with Gasteiger partial charge in [-0.1, -0.05) is 25.4 Å². The molecule has 0 bridgehead atoms. The normalized spacial score (nSPS) is 11.3. The lowest BCUT2D eigenvalue weighted by Gasteiger charge is -2.03. The summed E-state index contributed by atoms with van der Waals surface area (Å²) in [5, 5.41) is 4.51. The van der Waals surface area contributed by atoms with Crippen molar-refractivity contribution in [1.29, 1.82) is 0 Å². The Morgan fingerprint density at radius 1 is 1.47 bits per heavy atom. The van der Waals surface area contributed by atoms with Crippen molar-refractivity contribution < 1.29 is 0 Å². The summed E-state index contributed by atoms with van der Waals surface area (Å²) in [6.07, 6.45) is 3.00. The second kappa shape index (κ2) is 5.10. The zero-order valence-corrected chi connectivity index (χ0v) is 11.6. The number of rotatable bonds is 4. The molecule has 0 saturated carbocycles. The van der Waals surface area contributed by atoms with Crippen LogP contribution in [-0.4, -0.2) is 9.78 Å². The fourth-order valence-corrected chi connectivity index (χ4v) is 2.62. The van der Waals surface area contributed by atoms with Gasteiger partial charge in [-0.25, -0.2) is 0 Å². The van der Waals surface area contributed by atoms with Crippen LogP contribution in [0, 0.1) is 5.92 Å². The summed E-state index contributed by atoms with van der Waals surface area (Å²) in [5.74, 6) is 0.667. The summed E-state index contributed by atoms with van der Waals surface area (Å²) in [4.78, 5) is 1.02. The summed E-state index contributed by atoms with van der Waals surface area (Å²) in [7, 11) is 0. The molecule has 2 heterocycles. The zero-order valence-electron chi connectivity index (χ0n) is 9.98. The van der Waals surface area contributed by atoms with E-state index in [1.807, 2.05) is 23.0 Å². The number of aryl methyl sites for hydroxylation is 1. The van der Waals surface area contributed by atoms with Crippen LogP contribution in [0.2, 0.25) is 4.34 Å². The van der Waals surface area contributed by atoms with Crippen LogP contribution in [0.4, 0.5) is 5.69 Å². The number of nitrogens with zero attached hydrogens (tertiary/aromatic N) is 2. The molecule has 0 amide bonds. The lowest BCUT2D eigenvalue weighted by molar-refractivity contribution is 0.488. The van der Waals surface area contributed by atoms with E-state index < -0.39 is 0 Å². The highest BCUT2D eigenvalue weighted by Gasteiger charge is 2.10. The van der Waals surface area contributed by atoms with E-state index in [4.69, 9.17) is 17.3 Å². The summed E-state index contributed by atoms with van der Waals surface area (Å²) in [6, 6.07) is 3.83. The first-order valence-corrected chi connectivity index (χ1v) is 6.84. The number of nitrogen functional groups attached to an aromatic ring is 1. The number of hydrogen-bond acceptors (Lipinski definition) is 3. The quantitative estimate of drug-likeness (QED) is 0.915. The highest BCUT2D eigenvalue weighted by Crippen LogP contribution is 2.33. The van der Waals surface area contributed by atoms with Crippen molar-refractivity contribution >= 4 is 28.6 Å². The number of anilines is 1. The highest BCUT2D eigenvalue weighted by molar-refractivity contribution is 7.19. The largest absolute Gasteiger partial charge is 0.396 e. The molecule has 2 N–H and O–H groups in total. The Hall–Kier alpha value is -1.00. The molecule has 0 atom stereocenters. The van der Waals surface area contributed by atoms with Crippen LogP contribution in [-0.2, 0) is 6.54 Å². The molecule has 0 unspecified atom stereocenters. The van der Waals surface area contributed by atoms with Crippen molar-refractivity contribution in [1.82, 2.24) is 9.78 Å². The van der Waals surface area contributed by atoms with Crippen LogP contribution in [0.25, 0.3) is 10.6 Å². The molecule has 0 fully saturated rings. The Bertz CT molecular complexity index is 502. The average molecular weight is 270 g/mol. The predicted octanol–water partition coefficient (Wildman–Crippen LogP) is 3.89. The topological polar surface area (TPSA) is 43.8 Å². The van der Waals surface area contributed by atoms with Crippen LogP contribution in [0.15, 0.2) is 18.3 Å². The molecular weight excluding hydrogens is 254 g/mol. The van der Waals surface area contributed by atoms with Crippen molar-refractivity contribution in [3.8, 4) is 10.6 Å². The van der Waals surface area contributed by atoms with Gasteiger partial charge in [-0.3, -0.25) is 4.68 Å². The van der Waals surface area contributed by atoms with Gasteiger partial charge in [0.05, 0.1) is 14.9 Å². The number of aromatic nitrogens is 2. The van der Waals surface area contributed by atoms with Gasteiger partial charge in [-0.15, -0.1) is 11.3 Å². The van der Waals surface area contributed by atoms with Gasteiger partial charge >= 0.3 is 0 Å². The third-order valence-electron chi connectivity index (χ3n) is 2.53. The second-order valence-corrected chi connectivity index (χ2v) is 6.20. The fraction of sp³-hybridized carbons (Fsp3) is 0.417. The van der Waals surface area contributed by atoms with Crippen LogP contribution >= 0.6 is 22.9 Å². The van der Waals surface area contributed by atoms with Gasteiger partial charge in [0.15, 0.2) is 0 Å². The average Bonchev–Trinajstić information content (AvgIpc) is 2.82. The molecule has 0 spiro atoms. The van der Waals surface area contributed by atoms with Gasteiger partial charge in [0.25, 0.3) is 0 Å². The van der Waals surface area contributed by atoms with Gasteiger partial charge in [-0.05, 0) is 24.5 Å². The SMILES string of the molecule is CC(C)CCn1cc(N)c(-c2ccc(Cl)s2)n1. The van der Waals surface area contributed by atoms with Crippen LogP contribution in [0.3, 0.4) is 0 Å². The van der Waals surface area contributed by atoms with Crippen molar-refractivity contribution in [3.63, 3.8) is 0 Å². The smallest absolute Gasteiger partial charge is 0.125 e. The van der Waals surface area contributed by atoms with E-state index in [0.717, 1.165) is 27.9 Å². The summed E-state index contributed by atoms with van der Waals surface area (Å²) in [5.41, 5.74) is 7.52. The number of halogens is 1. The van der Waals surface area contributed by atoms with Gasteiger partial charge in [-0.2, -0.15) is 5.10 Å². The molecule has 3 nitrogen and oxygen atoms in total. The maximum atomic E-state index is 5.97. The Morgan fingerprint density at radius 3 is 2.82 bits per heavy atom. The van der Waals surface area contributed by atoms with Gasteiger partial charge in [0, 0.05) is 12.7 Å². The molecule has 0 aliphatic heterocycles. The van der Waals surface area contributed by atoms with E-state index in [9.17, 15) is 0 Å². The Morgan fingerprint density at radius 2 is 2.24 bits per heavy atom. The molecule has 0 aliphatic carbocycles. The van der Waals surface area contributed by atoms with E-state index in [2.05, 4.69) is 18.9 Å². The van der Waals surface area contributed by atoms with E-state index >= 15 is 0 Å². The minimum Gasteiger partial charge on any atom is -0.396 e. The molecule has 0 aliphatic rings. The number of thiophene rings is 1. The molecule has 17 heavy (non-hydrogen) atoms. The molecule has 0 saturated heterocycles. The first-order chi connectivity index (χ1) is 8.06. The highest BCUT2D eigenvalue weighted by atomic mass is 35.5. The van der Waals surface area contributed by atoms with Crippen LogP contribution in [0.5, 0.6) is 0 Å². The minimum atomic E-state index is 0.667. The van der Waals surface area contributed by atoms with Gasteiger partial charge < -0.3 is 5.73 Å². The molecule has 5 heteroatoms. The second-order valence-electron chi connectivity index (χ2n) is 4.48. The lowest BCUT2D eigenvalue weighted by atomic mass is 10.1. The molecule has 92 valence electrons. The van der Waals surface area contributed by atoms with E-state index in [-0.39, 0.29) is 0 Å². The van der Waals surface area contributed by atoms with Crippen molar-refractivity contribution in [2.24, 2.45) is 5.92 Å². The summed E-state index contributed by atoms with van der Waals surface area (Å²) < 4.78 is 2.68. The predicted molar refractivity (Wildman–Crippen MR) is 74.4 cm³/mol. The van der Waals surface area contributed by atoms with E-state index in [1.54, 1.807) is 0 Å². The van der Waals surface area contributed by atoms with E-state index in [0.29, 0.717) is 11.6 Å². The zero-order chi connectivity index (χ0) is 12.4. The molecule has 2 rings (SSSR count). The third kappa shape index (κ3) is 3.01. The van der Waals surface area contributed by atoms with Gasteiger partial charge in [0.2, 0.25) is 0 Å². The minimum absolute atomic E-state index is 0.667. The lowest BCUT2D eigenvalue weighted by Crippen LogP contribution is -2.01. The Labute approximate surface area is 110 Å². The summed E-state index contributed by atoms with van der Waals surface area (Å²) in [6.45, 7) is 5.31. The Balaban J connectivity index is 2.19. The molecule has 0 aromatic carbocycles. The van der Waals surface area contributed by atoms with Crippen LogP contribution in [0.1, 0.15) is 20.3 Å². The van der Waals surface area contributed by atoms with E-state index in [1.165, 1.54) is 11.3 Å². The Kier molecular flexibility index (Phi) is 3.74. The monoisotopic (exact) mass is 269 g/mol. The molecule has 2 aromatic heterocycles. The maximum absolute atomic E-state index is 5.97. The van der Waals surface area contributed by atoms with Crippen molar-refractivity contribution in [2.75, 3.05) is 5.73 Å². The first kappa shape index (κ1) is 12.5. The number of hydrogen-bond donors (Lipinski definition) is 1. The first-order valence-electron chi connectivity index (χ1n) is 5.65. The van der Waals surface area contributed by atoms with Crippen molar-refractivity contribution in [3.05, 3.63) is 22.7 Å². The fourth-order valence-electron chi connectivity index (χ4n) is 1.57. The maximum Gasteiger partial charge on any atom is 0.125 e. The number of nitrogens with two attached hydrogens (primary N) is 1. The van der Waals surface area contributed by atoms with Crippen LogP contribution < -0.4 is 5.73 Å². The third-order valence-corrected chi connectivity index (χ3v) is 3.77. The van der Waals surface area contributed by atoms with Crippen molar-refractivity contribution in [2.45, 2.75) is 26.8 Å². The summed E-state index contributed by atoms with van der Waals surface area (Å²) >= 11 is 7.42. The molecular formula is C12H16ClN3S.